The highest BCUT2D eigenvalue weighted by Gasteiger charge is 2.15. The zero-order valence-corrected chi connectivity index (χ0v) is 9.73. The SMILES string of the molecule is Cc1nc(C(=O)N(C)CCCCCO)n[nH]1. The molecule has 1 aromatic rings. The predicted octanol–water partition coefficient (Wildman–Crippen LogP) is 0.348. The molecule has 0 saturated heterocycles. The molecule has 1 aromatic heterocycles. The van der Waals surface area contributed by atoms with Gasteiger partial charge in [0.05, 0.1) is 0 Å². The molecule has 90 valence electrons. The smallest absolute Gasteiger partial charge is 0.293 e. The molecule has 0 saturated carbocycles. The minimum Gasteiger partial charge on any atom is -0.396 e. The quantitative estimate of drug-likeness (QED) is 0.686. The highest BCUT2D eigenvalue weighted by atomic mass is 16.2. The molecule has 0 spiro atoms. The number of unbranched alkanes of at least 4 members (excludes halogenated alkanes) is 2. The zero-order chi connectivity index (χ0) is 12.0. The third-order valence-corrected chi connectivity index (χ3v) is 2.29. The lowest BCUT2D eigenvalue weighted by Crippen LogP contribution is -2.28. The molecule has 0 aliphatic rings. The highest BCUT2D eigenvalue weighted by Crippen LogP contribution is 2.01. The Bertz CT molecular complexity index is 337. The van der Waals surface area contributed by atoms with Crippen molar-refractivity contribution in [3.05, 3.63) is 11.6 Å². The number of hydrogen-bond donors (Lipinski definition) is 2. The molecule has 1 amide bonds. The van der Waals surface area contributed by atoms with Crippen LogP contribution in [0.15, 0.2) is 0 Å². The number of hydrogen-bond acceptors (Lipinski definition) is 4. The summed E-state index contributed by atoms with van der Waals surface area (Å²) in [5, 5.41) is 15.1. The zero-order valence-electron chi connectivity index (χ0n) is 9.73. The van der Waals surface area contributed by atoms with Gasteiger partial charge in [0.15, 0.2) is 0 Å². The fourth-order valence-corrected chi connectivity index (χ4v) is 1.35. The summed E-state index contributed by atoms with van der Waals surface area (Å²) in [5.74, 6) is 0.674. The maximum Gasteiger partial charge on any atom is 0.293 e. The van der Waals surface area contributed by atoms with Crippen molar-refractivity contribution < 1.29 is 9.90 Å². The van der Waals surface area contributed by atoms with Crippen molar-refractivity contribution in [2.24, 2.45) is 0 Å². The van der Waals surface area contributed by atoms with E-state index in [4.69, 9.17) is 5.11 Å². The Morgan fingerprint density at radius 3 is 2.75 bits per heavy atom. The molecule has 6 heteroatoms. The molecule has 0 bridgehead atoms. The number of H-pyrrole nitrogens is 1. The van der Waals surface area contributed by atoms with E-state index in [0.29, 0.717) is 12.4 Å². The number of amides is 1. The van der Waals surface area contributed by atoms with Crippen LogP contribution >= 0.6 is 0 Å². The van der Waals surface area contributed by atoms with E-state index in [1.165, 1.54) is 0 Å². The summed E-state index contributed by atoms with van der Waals surface area (Å²) in [6.45, 7) is 2.62. The van der Waals surface area contributed by atoms with E-state index in [1.807, 2.05) is 0 Å². The van der Waals surface area contributed by atoms with Gasteiger partial charge in [-0.05, 0) is 26.2 Å². The second-order valence-corrected chi connectivity index (χ2v) is 3.76. The molecule has 0 atom stereocenters. The van der Waals surface area contributed by atoms with Gasteiger partial charge in [0.25, 0.3) is 5.91 Å². The van der Waals surface area contributed by atoms with Crippen LogP contribution in [0, 0.1) is 6.92 Å². The van der Waals surface area contributed by atoms with Crippen LogP contribution in [-0.4, -0.2) is 51.3 Å². The molecular weight excluding hydrogens is 208 g/mol. The van der Waals surface area contributed by atoms with Gasteiger partial charge < -0.3 is 10.0 Å². The highest BCUT2D eigenvalue weighted by molar-refractivity contribution is 5.90. The summed E-state index contributed by atoms with van der Waals surface area (Å²) in [5.41, 5.74) is 0. The predicted molar refractivity (Wildman–Crippen MR) is 59.0 cm³/mol. The Balaban J connectivity index is 2.36. The maximum atomic E-state index is 11.8. The lowest BCUT2D eigenvalue weighted by molar-refractivity contribution is 0.0780. The summed E-state index contributed by atoms with van der Waals surface area (Å²) in [4.78, 5) is 17.3. The van der Waals surface area contributed by atoms with Gasteiger partial charge in [0.2, 0.25) is 5.82 Å². The molecule has 0 aliphatic carbocycles. The van der Waals surface area contributed by atoms with Gasteiger partial charge in [0, 0.05) is 20.2 Å². The Morgan fingerprint density at radius 2 is 2.19 bits per heavy atom. The number of rotatable bonds is 6. The van der Waals surface area contributed by atoms with E-state index in [2.05, 4.69) is 15.2 Å². The van der Waals surface area contributed by atoms with E-state index in [1.54, 1.807) is 18.9 Å². The largest absolute Gasteiger partial charge is 0.396 e. The molecular formula is C10H18N4O2. The average Bonchev–Trinajstić information content (AvgIpc) is 2.70. The van der Waals surface area contributed by atoms with Crippen LogP contribution in [0.1, 0.15) is 35.7 Å². The molecule has 16 heavy (non-hydrogen) atoms. The first-order chi connectivity index (χ1) is 7.65. The van der Waals surface area contributed by atoms with Crippen LogP contribution in [0.2, 0.25) is 0 Å². The van der Waals surface area contributed by atoms with Crippen molar-refractivity contribution in [2.45, 2.75) is 26.2 Å². The number of aliphatic hydroxyl groups excluding tert-OH is 1. The van der Waals surface area contributed by atoms with Crippen molar-refractivity contribution >= 4 is 5.91 Å². The molecule has 0 unspecified atom stereocenters. The lowest BCUT2D eigenvalue weighted by atomic mass is 10.2. The van der Waals surface area contributed by atoms with Crippen LogP contribution in [0.4, 0.5) is 0 Å². The molecule has 6 nitrogen and oxygen atoms in total. The second kappa shape index (κ2) is 6.22. The number of aryl methyl sites for hydroxylation is 1. The van der Waals surface area contributed by atoms with Crippen molar-refractivity contribution in [2.75, 3.05) is 20.2 Å². The summed E-state index contributed by atoms with van der Waals surface area (Å²) >= 11 is 0. The minimum atomic E-state index is -0.173. The first-order valence-electron chi connectivity index (χ1n) is 5.40. The topological polar surface area (TPSA) is 82.1 Å². The van der Waals surface area contributed by atoms with Gasteiger partial charge in [0.1, 0.15) is 5.82 Å². The van der Waals surface area contributed by atoms with Crippen molar-refractivity contribution in [3.63, 3.8) is 0 Å². The summed E-state index contributed by atoms with van der Waals surface area (Å²) in [7, 11) is 1.73. The molecule has 0 fully saturated rings. The number of aromatic amines is 1. The van der Waals surface area contributed by atoms with Crippen molar-refractivity contribution in [1.82, 2.24) is 20.1 Å². The fraction of sp³-hybridized carbons (Fsp3) is 0.700. The second-order valence-electron chi connectivity index (χ2n) is 3.76. The van der Waals surface area contributed by atoms with E-state index < -0.39 is 0 Å². The van der Waals surface area contributed by atoms with Gasteiger partial charge in [-0.3, -0.25) is 9.89 Å². The maximum absolute atomic E-state index is 11.8. The molecule has 0 aliphatic heterocycles. The Labute approximate surface area is 94.7 Å². The summed E-state index contributed by atoms with van der Waals surface area (Å²) in [6.07, 6.45) is 2.58. The Hall–Kier alpha value is -1.43. The van der Waals surface area contributed by atoms with E-state index in [-0.39, 0.29) is 18.3 Å². The van der Waals surface area contributed by atoms with Crippen LogP contribution in [-0.2, 0) is 0 Å². The average molecular weight is 226 g/mol. The number of carbonyl (C=O) groups excluding carboxylic acids is 1. The van der Waals surface area contributed by atoms with Crippen molar-refractivity contribution in [1.29, 1.82) is 0 Å². The summed E-state index contributed by atoms with van der Waals surface area (Å²) < 4.78 is 0. The van der Waals surface area contributed by atoms with Crippen LogP contribution in [0.5, 0.6) is 0 Å². The number of carbonyl (C=O) groups is 1. The Morgan fingerprint density at radius 1 is 1.44 bits per heavy atom. The molecule has 2 N–H and O–H groups in total. The number of nitrogens with one attached hydrogen (secondary N) is 1. The molecule has 1 rings (SSSR count). The Kier molecular flexibility index (Phi) is 4.91. The van der Waals surface area contributed by atoms with Gasteiger partial charge >= 0.3 is 0 Å². The monoisotopic (exact) mass is 226 g/mol. The van der Waals surface area contributed by atoms with Crippen LogP contribution in [0.25, 0.3) is 0 Å². The third-order valence-electron chi connectivity index (χ3n) is 2.29. The van der Waals surface area contributed by atoms with Gasteiger partial charge in [-0.25, -0.2) is 4.98 Å². The lowest BCUT2D eigenvalue weighted by Gasteiger charge is -2.14. The van der Waals surface area contributed by atoms with Gasteiger partial charge in [-0.2, -0.15) is 0 Å². The van der Waals surface area contributed by atoms with E-state index in [0.717, 1.165) is 19.3 Å². The fourth-order valence-electron chi connectivity index (χ4n) is 1.35. The molecule has 1 heterocycles. The van der Waals surface area contributed by atoms with Gasteiger partial charge in [-0.1, -0.05) is 0 Å². The summed E-state index contributed by atoms with van der Waals surface area (Å²) in [6, 6.07) is 0. The van der Waals surface area contributed by atoms with Gasteiger partial charge in [-0.15, -0.1) is 5.10 Å². The first kappa shape index (κ1) is 12.6. The van der Waals surface area contributed by atoms with E-state index in [9.17, 15) is 4.79 Å². The van der Waals surface area contributed by atoms with Crippen LogP contribution in [0.3, 0.4) is 0 Å². The normalized spacial score (nSPS) is 10.4. The minimum absolute atomic E-state index is 0.173. The number of aliphatic hydroxyl groups is 1. The van der Waals surface area contributed by atoms with E-state index >= 15 is 0 Å². The number of nitrogens with zero attached hydrogens (tertiary/aromatic N) is 3. The first-order valence-corrected chi connectivity index (χ1v) is 5.40. The van der Waals surface area contributed by atoms with Crippen LogP contribution < -0.4 is 0 Å². The molecule has 0 aromatic carbocycles. The molecule has 0 radical (unpaired) electrons. The third kappa shape index (κ3) is 3.62. The number of aromatic nitrogens is 3. The van der Waals surface area contributed by atoms with Crippen molar-refractivity contribution in [3.8, 4) is 0 Å². The standard InChI is InChI=1S/C10H18N4O2/c1-8-11-9(13-12-8)10(16)14(2)6-4-3-5-7-15/h15H,3-7H2,1-2H3,(H,11,12,13).